The summed E-state index contributed by atoms with van der Waals surface area (Å²) < 4.78 is 21.6. The van der Waals surface area contributed by atoms with Gasteiger partial charge in [0.25, 0.3) is 0 Å². The topological polar surface area (TPSA) is 38.9 Å². The Morgan fingerprint density at radius 3 is 2.17 bits per heavy atom. The zero-order chi connectivity index (χ0) is 28.5. The molecule has 0 bridgehead atoms. The van der Waals surface area contributed by atoms with E-state index in [0.717, 1.165) is 38.8 Å². The van der Waals surface area contributed by atoms with E-state index in [4.69, 9.17) is 4.42 Å². The van der Waals surface area contributed by atoms with Gasteiger partial charge >= 0.3 is 99.8 Å². The Labute approximate surface area is 258 Å². The van der Waals surface area contributed by atoms with Crippen molar-refractivity contribution in [2.75, 3.05) is 0 Å². The Balaban J connectivity index is 0.000000200. The predicted octanol–water partition coefficient (Wildman–Crippen LogP) is 8.98. The van der Waals surface area contributed by atoms with Crippen LogP contribution in [0.15, 0.2) is 95.7 Å². The van der Waals surface area contributed by atoms with Gasteiger partial charge in [-0.25, -0.2) is 4.39 Å². The minimum absolute atomic E-state index is 0. The van der Waals surface area contributed by atoms with Crippen LogP contribution in [-0.2, 0) is 25.5 Å². The van der Waals surface area contributed by atoms with Gasteiger partial charge < -0.3 is 9.40 Å². The standard InChI is InChI=1S/C21H17FNO.C14H16GeN.Ir/c1-21(2,3)16-11-18(23-12-17(16)22)15-9-6-8-14-13-7-4-5-10-19(13)24-20(14)15;1-15(2,3)13-9-10-14(16-11-13)12-7-5-4-6-8-12;/h4-8,10-12H,1-3H3;4-7,9-11H,1-3H3;/q2*-1;. The normalized spacial score (nSPS) is 11.6. The molecule has 3 heterocycles. The van der Waals surface area contributed by atoms with Gasteiger partial charge in [0.1, 0.15) is 11.4 Å². The van der Waals surface area contributed by atoms with Crippen molar-refractivity contribution in [3.05, 3.63) is 115 Å². The number of hydrogen-bond acceptors (Lipinski definition) is 3. The number of halogens is 1. The first-order chi connectivity index (χ1) is 19.0. The summed E-state index contributed by atoms with van der Waals surface area (Å²) in [5.74, 6) is 6.85. The van der Waals surface area contributed by atoms with Crippen molar-refractivity contribution in [3.63, 3.8) is 0 Å². The maximum Gasteiger partial charge on any atom is 0 e. The summed E-state index contributed by atoms with van der Waals surface area (Å²) in [5, 5.41) is 2.07. The SMILES string of the molecule is CC(C)(C)c1cc(-c2[c-]ccc3c2oc2ccccc23)ncc1F.[CH3][Ge]([CH3])([CH3])[c]1ccc(-c2[c-]cccc2)nc1.[Ir]. The number of benzene rings is 3. The van der Waals surface area contributed by atoms with Crippen LogP contribution in [0.1, 0.15) is 26.3 Å². The molecular formula is C35H33FGeIrN2O-2. The number of para-hydroxylation sites is 1. The van der Waals surface area contributed by atoms with Gasteiger partial charge in [0.15, 0.2) is 0 Å². The van der Waals surface area contributed by atoms with E-state index in [2.05, 4.69) is 51.5 Å². The van der Waals surface area contributed by atoms with Gasteiger partial charge in [-0.1, -0.05) is 56.0 Å². The van der Waals surface area contributed by atoms with E-state index in [1.165, 1.54) is 10.6 Å². The van der Waals surface area contributed by atoms with Crippen molar-refractivity contribution in [3.8, 4) is 22.5 Å². The van der Waals surface area contributed by atoms with Crippen molar-refractivity contribution in [2.45, 2.75) is 43.5 Å². The minimum atomic E-state index is -1.72. The largest absolute Gasteiger partial charge is 0 e. The van der Waals surface area contributed by atoms with Crippen LogP contribution in [0.25, 0.3) is 44.5 Å². The quantitative estimate of drug-likeness (QED) is 0.133. The molecule has 0 amide bonds. The Morgan fingerprint density at radius 2 is 1.51 bits per heavy atom. The number of fused-ring (bicyclic) bond motifs is 3. The van der Waals surface area contributed by atoms with E-state index in [1.54, 1.807) is 6.07 Å². The summed E-state index contributed by atoms with van der Waals surface area (Å²) in [6.45, 7) is 5.96. The maximum absolute atomic E-state index is 14.2. The molecule has 0 unspecified atom stereocenters. The third kappa shape index (κ3) is 6.86. The first-order valence-electron chi connectivity index (χ1n) is 13.4. The minimum Gasteiger partial charge on any atom is 0 e. The average Bonchev–Trinajstić information content (AvgIpc) is 3.32. The van der Waals surface area contributed by atoms with Crippen molar-refractivity contribution in [1.29, 1.82) is 0 Å². The van der Waals surface area contributed by atoms with E-state index in [1.807, 2.05) is 87.6 Å². The zero-order valence-electron chi connectivity index (χ0n) is 24.2. The molecule has 0 fully saturated rings. The van der Waals surface area contributed by atoms with E-state index in [9.17, 15) is 4.39 Å². The Kier molecular flexibility index (Phi) is 9.33. The van der Waals surface area contributed by atoms with Gasteiger partial charge in [-0.2, -0.15) is 0 Å². The second-order valence-electron chi connectivity index (χ2n) is 12.0. The van der Waals surface area contributed by atoms with Crippen molar-refractivity contribution < 1.29 is 28.9 Å². The van der Waals surface area contributed by atoms with Crippen LogP contribution in [0.2, 0.25) is 17.3 Å². The van der Waals surface area contributed by atoms with Crippen LogP contribution in [-0.4, -0.2) is 23.2 Å². The molecule has 211 valence electrons. The molecule has 0 spiro atoms. The third-order valence-electron chi connectivity index (χ3n) is 6.87. The molecule has 6 rings (SSSR count). The van der Waals surface area contributed by atoms with Gasteiger partial charge in [0, 0.05) is 25.5 Å². The van der Waals surface area contributed by atoms with Crippen LogP contribution < -0.4 is 4.40 Å². The number of hydrogen-bond donors (Lipinski definition) is 0. The maximum atomic E-state index is 14.2. The first-order valence-corrected chi connectivity index (χ1v) is 20.8. The van der Waals surface area contributed by atoms with Crippen LogP contribution in [0, 0.1) is 17.9 Å². The fraction of sp³-hybridized carbons (Fsp3) is 0.200. The molecule has 6 aromatic rings. The number of nitrogens with zero attached hydrogens (tertiary/aromatic N) is 2. The molecule has 0 aliphatic heterocycles. The smallest absolute Gasteiger partial charge is 0 e. The van der Waals surface area contributed by atoms with Crippen molar-refractivity contribution in [1.82, 2.24) is 9.97 Å². The molecule has 3 aromatic heterocycles. The number of aromatic nitrogens is 2. The predicted molar refractivity (Wildman–Crippen MR) is 166 cm³/mol. The molecule has 0 saturated heterocycles. The van der Waals surface area contributed by atoms with Crippen molar-refractivity contribution >= 4 is 39.6 Å². The van der Waals surface area contributed by atoms with E-state index in [0.29, 0.717) is 11.3 Å². The van der Waals surface area contributed by atoms with Crippen LogP contribution in [0.3, 0.4) is 0 Å². The van der Waals surface area contributed by atoms with Gasteiger partial charge in [-0.05, 0) is 22.7 Å². The third-order valence-corrected chi connectivity index (χ3v) is 11.1. The molecule has 1 radical (unpaired) electrons. The molecule has 41 heavy (non-hydrogen) atoms. The molecule has 0 atom stereocenters. The Hall–Kier alpha value is -3.12. The molecule has 3 nitrogen and oxygen atoms in total. The fourth-order valence-electron chi connectivity index (χ4n) is 4.58. The van der Waals surface area contributed by atoms with E-state index in [-0.39, 0.29) is 31.3 Å². The van der Waals surface area contributed by atoms with E-state index >= 15 is 0 Å². The van der Waals surface area contributed by atoms with Crippen LogP contribution >= 0.6 is 0 Å². The van der Waals surface area contributed by atoms with Crippen LogP contribution in [0.4, 0.5) is 4.39 Å². The van der Waals surface area contributed by atoms with Gasteiger partial charge in [0.2, 0.25) is 0 Å². The Morgan fingerprint density at radius 1 is 0.780 bits per heavy atom. The molecule has 0 aliphatic rings. The second kappa shape index (κ2) is 12.4. The van der Waals surface area contributed by atoms with Crippen LogP contribution in [0.5, 0.6) is 0 Å². The molecular weight excluding hydrogens is 748 g/mol. The van der Waals surface area contributed by atoms with Gasteiger partial charge in [-0.3, -0.25) is 0 Å². The summed E-state index contributed by atoms with van der Waals surface area (Å²) in [5.41, 5.74) is 5.40. The summed E-state index contributed by atoms with van der Waals surface area (Å²) >= 11 is -1.72. The summed E-state index contributed by atoms with van der Waals surface area (Å²) in [6, 6.07) is 32.2. The molecule has 3 aromatic carbocycles. The fourth-order valence-corrected chi connectivity index (χ4v) is 6.75. The zero-order valence-corrected chi connectivity index (χ0v) is 28.7. The number of furan rings is 1. The van der Waals surface area contributed by atoms with Crippen molar-refractivity contribution in [2.24, 2.45) is 0 Å². The molecule has 0 aliphatic carbocycles. The summed E-state index contributed by atoms with van der Waals surface area (Å²) in [4.78, 5) is 8.81. The summed E-state index contributed by atoms with van der Waals surface area (Å²) in [7, 11) is 0. The number of rotatable bonds is 3. The summed E-state index contributed by atoms with van der Waals surface area (Å²) in [6.07, 6.45) is 3.32. The second-order valence-corrected chi connectivity index (χ2v) is 22.6. The van der Waals surface area contributed by atoms with E-state index < -0.39 is 13.3 Å². The van der Waals surface area contributed by atoms with Gasteiger partial charge in [-0.15, -0.1) is 18.2 Å². The molecule has 0 N–H and O–H groups in total. The first kappa shape index (κ1) is 30.8. The Bertz CT molecular complexity index is 1770. The average molecular weight is 781 g/mol. The van der Waals surface area contributed by atoms with Gasteiger partial charge in [0.05, 0.1) is 11.8 Å². The molecule has 0 saturated carbocycles. The number of pyridine rings is 2. The molecule has 6 heteroatoms. The monoisotopic (exact) mass is 783 g/mol.